The van der Waals surface area contributed by atoms with Gasteiger partial charge in [-0.3, -0.25) is 10.1 Å². The molecule has 0 radical (unpaired) electrons. The van der Waals surface area contributed by atoms with E-state index in [1.54, 1.807) is 19.0 Å². The number of hydrogen-bond acceptors (Lipinski definition) is 3. The van der Waals surface area contributed by atoms with E-state index in [0.717, 1.165) is 11.3 Å². The van der Waals surface area contributed by atoms with Crippen LogP contribution in [0.2, 0.25) is 0 Å². The van der Waals surface area contributed by atoms with Crippen LogP contribution in [-0.4, -0.2) is 37.6 Å². The third-order valence-electron chi connectivity index (χ3n) is 2.96. The Morgan fingerprint density at radius 3 is 2.88 bits per heavy atom. The smallest absolute Gasteiger partial charge is 0.238 e. The maximum absolute atomic E-state index is 11.8. The number of nitrogens with one attached hydrogen (secondary N) is 1. The number of amides is 1. The molecule has 17 heavy (non-hydrogen) atoms. The van der Waals surface area contributed by atoms with Crippen LogP contribution in [0, 0.1) is 0 Å². The van der Waals surface area contributed by atoms with Crippen LogP contribution >= 0.6 is 0 Å². The summed E-state index contributed by atoms with van der Waals surface area (Å²) in [7, 11) is 3.53. The Bertz CT molecular complexity index is 418. The molecule has 0 aromatic heterocycles. The van der Waals surface area contributed by atoms with Gasteiger partial charge in [0.2, 0.25) is 5.91 Å². The fraction of sp³-hybridized carbons (Fsp3) is 0.462. The molecule has 1 heterocycles. The van der Waals surface area contributed by atoms with Crippen LogP contribution in [0.3, 0.4) is 0 Å². The van der Waals surface area contributed by atoms with Crippen molar-refractivity contribution in [1.29, 1.82) is 0 Å². The molecular weight excluding hydrogens is 216 g/mol. The zero-order valence-corrected chi connectivity index (χ0v) is 10.4. The second-order valence-corrected chi connectivity index (χ2v) is 4.52. The highest BCUT2D eigenvalue weighted by Crippen LogP contribution is 2.31. The van der Waals surface area contributed by atoms with Gasteiger partial charge in [-0.2, -0.15) is 0 Å². The number of para-hydroxylation sites is 1. The number of likely N-dealkylation sites (N-methyl/N-ethyl adjacent to an activating group) is 1. The number of carbonyl (C=O) groups excluding carboxylic acids is 1. The van der Waals surface area contributed by atoms with Crippen molar-refractivity contribution in [3.63, 3.8) is 0 Å². The molecule has 0 saturated heterocycles. The molecule has 2 unspecified atom stereocenters. The molecule has 1 aliphatic rings. The van der Waals surface area contributed by atoms with Crippen molar-refractivity contribution in [2.24, 2.45) is 0 Å². The summed E-state index contributed by atoms with van der Waals surface area (Å²) in [5.74, 6) is 0.990. The molecule has 4 heteroatoms. The number of nitrogens with zero attached hydrogens (tertiary/aromatic N) is 1. The SMILES string of the molecule is CC(NC1COc2ccccc21)C(=O)N(C)C. The highest BCUT2D eigenvalue weighted by atomic mass is 16.5. The first kappa shape index (κ1) is 11.9. The maximum Gasteiger partial charge on any atom is 0.238 e. The predicted octanol–water partition coefficient (Wildman–Crippen LogP) is 1.19. The maximum atomic E-state index is 11.8. The van der Waals surface area contributed by atoms with Crippen molar-refractivity contribution in [2.75, 3.05) is 20.7 Å². The topological polar surface area (TPSA) is 41.6 Å². The number of rotatable bonds is 3. The number of ether oxygens (including phenoxy) is 1. The first-order valence-corrected chi connectivity index (χ1v) is 5.78. The summed E-state index contributed by atoms with van der Waals surface area (Å²) in [6.07, 6.45) is 0. The van der Waals surface area contributed by atoms with Gasteiger partial charge in [0.25, 0.3) is 0 Å². The van der Waals surface area contributed by atoms with Crippen LogP contribution in [0.15, 0.2) is 24.3 Å². The molecule has 1 aromatic carbocycles. The molecule has 0 saturated carbocycles. The lowest BCUT2D eigenvalue weighted by Gasteiger charge is -2.21. The lowest BCUT2D eigenvalue weighted by molar-refractivity contribution is -0.130. The molecule has 4 nitrogen and oxygen atoms in total. The van der Waals surface area contributed by atoms with E-state index in [4.69, 9.17) is 4.74 Å². The Balaban J connectivity index is 2.05. The Hall–Kier alpha value is -1.55. The van der Waals surface area contributed by atoms with Gasteiger partial charge in [0.15, 0.2) is 0 Å². The van der Waals surface area contributed by atoms with Gasteiger partial charge in [0, 0.05) is 19.7 Å². The van der Waals surface area contributed by atoms with Crippen molar-refractivity contribution >= 4 is 5.91 Å². The molecule has 1 N–H and O–H groups in total. The van der Waals surface area contributed by atoms with E-state index in [2.05, 4.69) is 5.32 Å². The number of benzene rings is 1. The van der Waals surface area contributed by atoms with E-state index in [9.17, 15) is 4.79 Å². The van der Waals surface area contributed by atoms with Crippen LogP contribution in [0.4, 0.5) is 0 Å². The van der Waals surface area contributed by atoms with Gasteiger partial charge in [0.1, 0.15) is 12.4 Å². The molecule has 92 valence electrons. The summed E-state index contributed by atoms with van der Waals surface area (Å²) in [5.41, 5.74) is 1.13. The monoisotopic (exact) mass is 234 g/mol. The lowest BCUT2D eigenvalue weighted by atomic mass is 10.1. The highest BCUT2D eigenvalue weighted by molar-refractivity contribution is 5.81. The van der Waals surface area contributed by atoms with Gasteiger partial charge in [-0.25, -0.2) is 0 Å². The quantitative estimate of drug-likeness (QED) is 0.854. The van der Waals surface area contributed by atoms with Gasteiger partial charge in [-0.1, -0.05) is 18.2 Å². The zero-order chi connectivity index (χ0) is 12.4. The molecule has 0 aliphatic carbocycles. The molecule has 1 amide bonds. The molecule has 2 rings (SSSR count). The summed E-state index contributed by atoms with van der Waals surface area (Å²) in [6.45, 7) is 2.47. The normalized spacial score (nSPS) is 19.4. The summed E-state index contributed by atoms with van der Waals surface area (Å²) >= 11 is 0. The molecule has 0 spiro atoms. The Morgan fingerprint density at radius 2 is 2.18 bits per heavy atom. The van der Waals surface area contributed by atoms with Crippen LogP contribution in [0.1, 0.15) is 18.5 Å². The summed E-state index contributed by atoms with van der Waals surface area (Å²) in [4.78, 5) is 13.4. The van der Waals surface area contributed by atoms with E-state index in [1.807, 2.05) is 31.2 Å². The Morgan fingerprint density at radius 1 is 1.47 bits per heavy atom. The lowest BCUT2D eigenvalue weighted by Crippen LogP contribution is -2.43. The van der Waals surface area contributed by atoms with Crippen molar-refractivity contribution in [2.45, 2.75) is 19.0 Å². The number of hydrogen-bond donors (Lipinski definition) is 1. The zero-order valence-electron chi connectivity index (χ0n) is 10.4. The molecule has 1 aliphatic heterocycles. The average Bonchev–Trinajstić information content (AvgIpc) is 2.71. The van der Waals surface area contributed by atoms with E-state index in [-0.39, 0.29) is 18.0 Å². The summed E-state index contributed by atoms with van der Waals surface area (Å²) in [6, 6.07) is 7.83. The molecular formula is C13H18N2O2. The minimum absolute atomic E-state index is 0.0781. The fourth-order valence-electron chi connectivity index (χ4n) is 2.06. The second-order valence-electron chi connectivity index (χ2n) is 4.52. The standard InChI is InChI=1S/C13H18N2O2/c1-9(13(16)15(2)3)14-11-8-17-12-7-5-4-6-10(11)12/h4-7,9,11,14H,8H2,1-3H3. The van der Waals surface area contributed by atoms with Gasteiger partial charge >= 0.3 is 0 Å². The van der Waals surface area contributed by atoms with Crippen LogP contribution in [-0.2, 0) is 4.79 Å². The van der Waals surface area contributed by atoms with Crippen LogP contribution in [0.5, 0.6) is 5.75 Å². The minimum atomic E-state index is -0.204. The highest BCUT2D eigenvalue weighted by Gasteiger charge is 2.27. The third kappa shape index (κ3) is 2.42. The average molecular weight is 234 g/mol. The van der Waals surface area contributed by atoms with Crippen LogP contribution < -0.4 is 10.1 Å². The Kier molecular flexibility index (Phi) is 3.33. The van der Waals surface area contributed by atoms with Gasteiger partial charge < -0.3 is 9.64 Å². The predicted molar refractivity (Wildman–Crippen MR) is 66.0 cm³/mol. The number of fused-ring (bicyclic) bond motifs is 1. The Labute approximate surface area is 102 Å². The van der Waals surface area contributed by atoms with Crippen molar-refractivity contribution < 1.29 is 9.53 Å². The van der Waals surface area contributed by atoms with E-state index >= 15 is 0 Å². The molecule has 0 fully saturated rings. The number of carbonyl (C=O) groups is 1. The largest absolute Gasteiger partial charge is 0.491 e. The van der Waals surface area contributed by atoms with Gasteiger partial charge in [-0.05, 0) is 13.0 Å². The molecule has 1 aromatic rings. The van der Waals surface area contributed by atoms with Crippen molar-refractivity contribution in [3.8, 4) is 5.75 Å². The first-order valence-electron chi connectivity index (χ1n) is 5.78. The molecule has 0 bridgehead atoms. The van der Waals surface area contributed by atoms with E-state index in [1.165, 1.54) is 0 Å². The van der Waals surface area contributed by atoms with E-state index < -0.39 is 0 Å². The van der Waals surface area contributed by atoms with Gasteiger partial charge in [-0.15, -0.1) is 0 Å². The first-order chi connectivity index (χ1) is 8.09. The minimum Gasteiger partial charge on any atom is -0.491 e. The van der Waals surface area contributed by atoms with Gasteiger partial charge in [0.05, 0.1) is 12.1 Å². The second kappa shape index (κ2) is 4.75. The molecule has 2 atom stereocenters. The van der Waals surface area contributed by atoms with Crippen LogP contribution in [0.25, 0.3) is 0 Å². The van der Waals surface area contributed by atoms with E-state index in [0.29, 0.717) is 6.61 Å². The fourth-order valence-corrected chi connectivity index (χ4v) is 2.06. The third-order valence-corrected chi connectivity index (χ3v) is 2.96. The van der Waals surface area contributed by atoms with Crippen molar-refractivity contribution in [1.82, 2.24) is 10.2 Å². The summed E-state index contributed by atoms with van der Waals surface area (Å²) in [5, 5.41) is 3.30. The summed E-state index contributed by atoms with van der Waals surface area (Å²) < 4.78 is 5.56. The van der Waals surface area contributed by atoms with Crippen molar-refractivity contribution in [3.05, 3.63) is 29.8 Å².